The lowest BCUT2D eigenvalue weighted by molar-refractivity contribution is -0.142. The van der Waals surface area contributed by atoms with Crippen LogP contribution < -0.4 is 10.1 Å². The number of esters is 1. The van der Waals surface area contributed by atoms with Crippen LogP contribution in [0.25, 0.3) is 22.1 Å². The third-order valence-corrected chi connectivity index (χ3v) is 5.96. The average Bonchev–Trinajstić information content (AvgIpc) is 3.34. The molecule has 3 aromatic carbocycles. The number of hydrogen-bond donors (Lipinski definition) is 2. The summed E-state index contributed by atoms with van der Waals surface area (Å²) in [5.41, 5.74) is 4.30. The van der Waals surface area contributed by atoms with Gasteiger partial charge in [-0.2, -0.15) is 0 Å². The number of furan rings is 1. The van der Waals surface area contributed by atoms with E-state index < -0.39 is 11.7 Å². The summed E-state index contributed by atoms with van der Waals surface area (Å²) in [4.78, 5) is 24.2. The van der Waals surface area contributed by atoms with E-state index in [0.29, 0.717) is 30.2 Å². The Balaban J connectivity index is 1.59. The van der Waals surface area contributed by atoms with E-state index >= 15 is 0 Å². The van der Waals surface area contributed by atoms with Gasteiger partial charge in [0.15, 0.2) is 0 Å². The summed E-state index contributed by atoms with van der Waals surface area (Å²) in [5, 5.41) is 13.3. The number of alkyl carbamates (subject to hydrolysis) is 1. The number of carbonyl (C=O) groups excluding carboxylic acids is 2. The number of ether oxygens (including phenoxy) is 3. The molecule has 0 saturated heterocycles. The molecule has 0 aliphatic carbocycles. The van der Waals surface area contributed by atoms with Gasteiger partial charge in [-0.05, 0) is 74.7 Å². The van der Waals surface area contributed by atoms with E-state index in [-0.39, 0.29) is 25.6 Å². The molecule has 1 amide bonds. The van der Waals surface area contributed by atoms with Gasteiger partial charge in [-0.3, -0.25) is 4.79 Å². The Morgan fingerprint density at radius 1 is 0.975 bits per heavy atom. The molecule has 0 radical (unpaired) electrons. The third-order valence-electron chi connectivity index (χ3n) is 5.96. The van der Waals surface area contributed by atoms with Gasteiger partial charge in [0.1, 0.15) is 35.9 Å². The monoisotopic (exact) mass is 545 g/mol. The lowest BCUT2D eigenvalue weighted by Crippen LogP contribution is -2.32. The molecule has 0 saturated carbocycles. The number of aliphatic hydroxyl groups is 1. The van der Waals surface area contributed by atoms with Crippen molar-refractivity contribution in [2.24, 2.45) is 0 Å². The van der Waals surface area contributed by atoms with Crippen molar-refractivity contribution in [2.75, 3.05) is 6.61 Å². The Kier molecular flexibility index (Phi) is 9.11. The highest BCUT2D eigenvalue weighted by molar-refractivity contribution is 5.93. The quantitative estimate of drug-likeness (QED) is 0.225. The summed E-state index contributed by atoms with van der Waals surface area (Å²) < 4.78 is 22.6. The van der Waals surface area contributed by atoms with Crippen LogP contribution in [0.5, 0.6) is 5.75 Å². The number of nitrogens with one attached hydrogen (secondary N) is 1. The summed E-state index contributed by atoms with van der Waals surface area (Å²) in [6.45, 7) is 7.88. The van der Waals surface area contributed by atoms with Crippen molar-refractivity contribution in [3.63, 3.8) is 0 Å². The normalized spacial score (nSPS) is 11.3. The van der Waals surface area contributed by atoms with Crippen LogP contribution in [0.2, 0.25) is 0 Å². The van der Waals surface area contributed by atoms with Crippen LogP contribution in [0.4, 0.5) is 4.79 Å². The van der Waals surface area contributed by atoms with Crippen LogP contribution in [0.1, 0.15) is 50.1 Å². The van der Waals surface area contributed by atoms with E-state index in [2.05, 4.69) is 5.32 Å². The first kappa shape index (κ1) is 28.7. The standard InChI is InChI=1S/C32H35NO7/c1-5-37-29(35)17-24-10-6-7-12-28(24)38-20-22-14-25-16-26(19-34)39-30(25)27(15-22)23-11-8-9-21(13-23)18-33-31(36)40-32(2,3)4/h6-16,34H,5,17-20H2,1-4H3,(H,33,36). The van der Waals surface area contributed by atoms with Crippen LogP contribution in [0.15, 0.2) is 71.1 Å². The van der Waals surface area contributed by atoms with E-state index in [1.54, 1.807) is 6.92 Å². The summed E-state index contributed by atoms with van der Waals surface area (Å²) in [6, 6.07) is 20.9. The minimum atomic E-state index is -0.580. The fourth-order valence-electron chi connectivity index (χ4n) is 4.30. The highest BCUT2D eigenvalue weighted by Crippen LogP contribution is 2.34. The van der Waals surface area contributed by atoms with Crippen LogP contribution in [-0.2, 0) is 40.4 Å². The Labute approximate surface area is 233 Å². The summed E-state index contributed by atoms with van der Waals surface area (Å²) >= 11 is 0. The zero-order chi connectivity index (χ0) is 28.7. The van der Waals surface area contributed by atoms with Gasteiger partial charge < -0.3 is 29.1 Å². The smallest absolute Gasteiger partial charge is 0.407 e. The molecule has 2 N–H and O–H groups in total. The van der Waals surface area contributed by atoms with Crippen molar-refractivity contribution >= 4 is 23.0 Å². The fourth-order valence-corrected chi connectivity index (χ4v) is 4.30. The number of aliphatic hydroxyl groups excluding tert-OH is 1. The number of benzene rings is 3. The average molecular weight is 546 g/mol. The first-order valence-corrected chi connectivity index (χ1v) is 13.2. The molecular formula is C32H35NO7. The van der Waals surface area contributed by atoms with Crippen LogP contribution in [0.3, 0.4) is 0 Å². The van der Waals surface area contributed by atoms with E-state index in [9.17, 15) is 14.7 Å². The molecule has 0 fully saturated rings. The largest absolute Gasteiger partial charge is 0.489 e. The Morgan fingerprint density at radius 2 is 1.77 bits per heavy atom. The highest BCUT2D eigenvalue weighted by Gasteiger charge is 2.17. The second-order valence-corrected chi connectivity index (χ2v) is 10.4. The number of rotatable bonds is 10. The third kappa shape index (κ3) is 7.64. The van der Waals surface area contributed by atoms with Crippen molar-refractivity contribution < 1.29 is 33.3 Å². The predicted molar refractivity (Wildman–Crippen MR) is 152 cm³/mol. The Hall–Kier alpha value is -4.30. The van der Waals surface area contributed by atoms with Gasteiger partial charge in [0.25, 0.3) is 0 Å². The fraction of sp³-hybridized carbons (Fsp3) is 0.312. The predicted octanol–water partition coefficient (Wildman–Crippen LogP) is 6.30. The lowest BCUT2D eigenvalue weighted by Gasteiger charge is -2.19. The van der Waals surface area contributed by atoms with Gasteiger partial charge in [-0.25, -0.2) is 4.79 Å². The maximum Gasteiger partial charge on any atom is 0.407 e. The van der Waals surface area contributed by atoms with Crippen molar-refractivity contribution in [1.29, 1.82) is 0 Å². The summed E-state index contributed by atoms with van der Waals surface area (Å²) in [5.74, 6) is 0.755. The number of fused-ring (bicyclic) bond motifs is 1. The molecular weight excluding hydrogens is 510 g/mol. The SMILES string of the molecule is CCOC(=O)Cc1ccccc1OCc1cc(-c2cccc(CNC(=O)OC(C)(C)C)c2)c2oc(CO)cc2c1. The first-order valence-electron chi connectivity index (χ1n) is 13.2. The van der Waals surface area contributed by atoms with Crippen LogP contribution >= 0.6 is 0 Å². The van der Waals surface area contributed by atoms with Crippen molar-refractivity contribution in [1.82, 2.24) is 5.32 Å². The molecule has 4 rings (SSSR count). The summed E-state index contributed by atoms with van der Waals surface area (Å²) in [7, 11) is 0. The minimum Gasteiger partial charge on any atom is -0.489 e. The molecule has 0 bridgehead atoms. The summed E-state index contributed by atoms with van der Waals surface area (Å²) in [6.07, 6.45) is -0.360. The Bertz CT molecular complexity index is 1480. The molecule has 0 aliphatic rings. The molecule has 40 heavy (non-hydrogen) atoms. The molecule has 8 heteroatoms. The molecule has 0 unspecified atom stereocenters. The molecule has 0 aliphatic heterocycles. The minimum absolute atomic E-state index is 0.125. The highest BCUT2D eigenvalue weighted by atomic mass is 16.6. The van der Waals surface area contributed by atoms with Gasteiger partial charge >= 0.3 is 12.1 Å². The van der Waals surface area contributed by atoms with Gasteiger partial charge in [0, 0.05) is 23.1 Å². The lowest BCUT2D eigenvalue weighted by atomic mass is 9.99. The first-order chi connectivity index (χ1) is 19.1. The number of carbonyl (C=O) groups is 2. The molecule has 1 aromatic heterocycles. The van der Waals surface area contributed by atoms with E-state index in [0.717, 1.165) is 33.2 Å². The van der Waals surface area contributed by atoms with Gasteiger partial charge in [0.05, 0.1) is 13.0 Å². The number of hydrogen-bond acceptors (Lipinski definition) is 7. The Morgan fingerprint density at radius 3 is 2.52 bits per heavy atom. The van der Waals surface area contributed by atoms with Crippen molar-refractivity contribution in [3.8, 4) is 16.9 Å². The van der Waals surface area contributed by atoms with Gasteiger partial charge in [0.2, 0.25) is 0 Å². The van der Waals surface area contributed by atoms with E-state index in [1.165, 1.54) is 0 Å². The number of para-hydroxylation sites is 1. The maximum atomic E-state index is 12.1. The zero-order valence-corrected chi connectivity index (χ0v) is 23.3. The maximum absolute atomic E-state index is 12.1. The molecule has 8 nitrogen and oxygen atoms in total. The molecule has 0 atom stereocenters. The van der Waals surface area contributed by atoms with Crippen molar-refractivity contribution in [3.05, 3.63) is 89.2 Å². The van der Waals surface area contributed by atoms with Crippen LogP contribution in [0, 0.1) is 0 Å². The van der Waals surface area contributed by atoms with Gasteiger partial charge in [-0.1, -0.05) is 36.4 Å². The second kappa shape index (κ2) is 12.7. The van der Waals surface area contributed by atoms with E-state index in [4.69, 9.17) is 18.6 Å². The number of amides is 1. The molecule has 1 heterocycles. The van der Waals surface area contributed by atoms with E-state index in [1.807, 2.05) is 87.5 Å². The molecule has 4 aromatic rings. The van der Waals surface area contributed by atoms with Gasteiger partial charge in [-0.15, -0.1) is 0 Å². The second-order valence-electron chi connectivity index (χ2n) is 10.4. The van der Waals surface area contributed by atoms with Crippen molar-refractivity contribution in [2.45, 2.75) is 59.5 Å². The topological polar surface area (TPSA) is 107 Å². The zero-order valence-electron chi connectivity index (χ0n) is 23.3. The molecule has 210 valence electrons. The molecule has 0 spiro atoms. The van der Waals surface area contributed by atoms with Crippen LogP contribution in [-0.4, -0.2) is 29.4 Å².